The summed E-state index contributed by atoms with van der Waals surface area (Å²) in [6.07, 6.45) is 2.13. The minimum atomic E-state index is -0.131. The van der Waals surface area contributed by atoms with Crippen molar-refractivity contribution in [3.05, 3.63) is 40.0 Å². The molecule has 2 rings (SSSR count). The van der Waals surface area contributed by atoms with Crippen molar-refractivity contribution in [2.45, 2.75) is 26.3 Å². The topological polar surface area (TPSA) is 15.3 Å². The van der Waals surface area contributed by atoms with E-state index < -0.39 is 0 Å². The maximum atomic E-state index is 6.04. The van der Waals surface area contributed by atoms with Crippen LogP contribution in [0.3, 0.4) is 0 Å². The van der Waals surface area contributed by atoms with Gasteiger partial charge in [0.25, 0.3) is 0 Å². The molecule has 1 aliphatic heterocycles. The first-order valence-corrected chi connectivity index (χ1v) is 6.73. The summed E-state index contributed by atoms with van der Waals surface area (Å²) in [6.45, 7) is 6.18. The predicted octanol–water partition coefficient (Wildman–Crippen LogP) is 4.37. The van der Waals surface area contributed by atoms with Gasteiger partial charge in [0.2, 0.25) is 0 Å². The van der Waals surface area contributed by atoms with Crippen molar-refractivity contribution < 1.29 is 0 Å². The molecule has 0 saturated heterocycles. The first-order valence-electron chi connectivity index (χ1n) is 5.57. The molecule has 0 aromatic heterocycles. The molecular formula is C13H14Cl2N2S. The van der Waals surface area contributed by atoms with E-state index in [2.05, 4.69) is 25.2 Å². The summed E-state index contributed by atoms with van der Waals surface area (Å²) in [6, 6.07) is 5.49. The Hall–Kier alpha value is -0.770. The van der Waals surface area contributed by atoms with E-state index in [4.69, 9.17) is 35.4 Å². The first kappa shape index (κ1) is 13.7. The number of hydrogen-bond donors (Lipinski definition) is 1. The third kappa shape index (κ3) is 2.63. The standard InChI is InChI=1S/C13H14Cl2N2S/c1-8-7-13(2,3)16-12(18)17(8)9-4-5-10(14)11(15)6-9/h4-7H,1-3H3,(H,16,18). The average Bonchev–Trinajstić information content (AvgIpc) is 2.20. The molecular weight excluding hydrogens is 287 g/mol. The van der Waals surface area contributed by atoms with Crippen molar-refractivity contribution >= 4 is 46.2 Å². The Morgan fingerprint density at radius 3 is 2.44 bits per heavy atom. The van der Waals surface area contributed by atoms with E-state index in [1.165, 1.54) is 0 Å². The molecule has 0 saturated carbocycles. The second-order valence-corrected chi connectivity index (χ2v) is 6.07. The minimum Gasteiger partial charge on any atom is -0.354 e. The number of allylic oxidation sites excluding steroid dienone is 1. The fraction of sp³-hybridized carbons (Fsp3) is 0.308. The summed E-state index contributed by atoms with van der Waals surface area (Å²) >= 11 is 17.4. The Labute approximate surface area is 123 Å². The second kappa shape index (κ2) is 4.72. The van der Waals surface area contributed by atoms with Crippen molar-refractivity contribution in [1.82, 2.24) is 5.32 Å². The maximum Gasteiger partial charge on any atom is 0.178 e. The molecule has 96 valence electrons. The summed E-state index contributed by atoms with van der Waals surface area (Å²) in [5, 5.41) is 5.00. The zero-order chi connectivity index (χ0) is 13.5. The molecule has 0 aliphatic carbocycles. The molecule has 0 bridgehead atoms. The Morgan fingerprint density at radius 2 is 1.89 bits per heavy atom. The van der Waals surface area contributed by atoms with E-state index in [9.17, 15) is 0 Å². The van der Waals surface area contributed by atoms with Gasteiger partial charge >= 0.3 is 0 Å². The van der Waals surface area contributed by atoms with Gasteiger partial charge in [-0.1, -0.05) is 23.2 Å². The lowest BCUT2D eigenvalue weighted by Crippen LogP contribution is -2.53. The highest BCUT2D eigenvalue weighted by molar-refractivity contribution is 7.80. The van der Waals surface area contributed by atoms with Gasteiger partial charge in [0.05, 0.1) is 15.6 Å². The molecule has 0 spiro atoms. The monoisotopic (exact) mass is 300 g/mol. The van der Waals surface area contributed by atoms with E-state index in [1.807, 2.05) is 24.0 Å². The van der Waals surface area contributed by atoms with Crippen LogP contribution in [0.4, 0.5) is 5.69 Å². The molecule has 0 fully saturated rings. The lowest BCUT2D eigenvalue weighted by molar-refractivity contribution is 0.560. The number of rotatable bonds is 1. The van der Waals surface area contributed by atoms with Crippen LogP contribution in [0.5, 0.6) is 0 Å². The van der Waals surface area contributed by atoms with Crippen molar-refractivity contribution in [2.24, 2.45) is 0 Å². The molecule has 0 unspecified atom stereocenters. The number of halogens is 2. The number of nitrogens with one attached hydrogen (secondary N) is 1. The van der Waals surface area contributed by atoms with Gasteiger partial charge in [-0.15, -0.1) is 0 Å². The third-order valence-electron chi connectivity index (χ3n) is 2.72. The summed E-state index contributed by atoms with van der Waals surface area (Å²) < 4.78 is 0. The molecule has 0 atom stereocenters. The van der Waals surface area contributed by atoms with Gasteiger partial charge in [-0.05, 0) is 57.3 Å². The SMILES string of the molecule is CC1=CC(C)(C)NC(=S)N1c1ccc(Cl)c(Cl)c1. The molecule has 0 amide bonds. The van der Waals surface area contributed by atoms with Gasteiger partial charge in [-0.3, -0.25) is 4.90 Å². The minimum absolute atomic E-state index is 0.131. The Balaban J connectivity index is 2.44. The molecule has 5 heteroatoms. The van der Waals surface area contributed by atoms with E-state index in [1.54, 1.807) is 6.07 Å². The average molecular weight is 301 g/mol. The number of anilines is 1. The molecule has 18 heavy (non-hydrogen) atoms. The summed E-state index contributed by atoms with van der Waals surface area (Å²) in [7, 11) is 0. The molecule has 1 heterocycles. The highest BCUT2D eigenvalue weighted by Gasteiger charge is 2.27. The van der Waals surface area contributed by atoms with Crippen LogP contribution in [-0.2, 0) is 0 Å². The van der Waals surface area contributed by atoms with Gasteiger partial charge in [-0.2, -0.15) is 0 Å². The zero-order valence-corrected chi connectivity index (χ0v) is 12.7. The van der Waals surface area contributed by atoms with E-state index >= 15 is 0 Å². The molecule has 1 aliphatic rings. The van der Waals surface area contributed by atoms with E-state index in [-0.39, 0.29) is 5.54 Å². The number of nitrogens with zero attached hydrogens (tertiary/aromatic N) is 1. The van der Waals surface area contributed by atoms with Crippen molar-refractivity contribution in [1.29, 1.82) is 0 Å². The maximum absolute atomic E-state index is 6.04. The molecule has 2 nitrogen and oxygen atoms in total. The third-order valence-corrected chi connectivity index (χ3v) is 3.74. The van der Waals surface area contributed by atoms with Gasteiger partial charge in [0, 0.05) is 11.4 Å². The van der Waals surface area contributed by atoms with Gasteiger partial charge in [0.1, 0.15) is 0 Å². The molecule has 1 aromatic carbocycles. The normalized spacial score (nSPS) is 18.4. The Morgan fingerprint density at radius 1 is 1.22 bits per heavy atom. The number of benzene rings is 1. The second-order valence-electron chi connectivity index (χ2n) is 4.87. The van der Waals surface area contributed by atoms with Crippen LogP contribution in [0.1, 0.15) is 20.8 Å². The van der Waals surface area contributed by atoms with Crippen LogP contribution in [0.2, 0.25) is 10.0 Å². The first-order chi connectivity index (χ1) is 8.30. The van der Waals surface area contributed by atoms with Crippen LogP contribution >= 0.6 is 35.4 Å². The highest BCUT2D eigenvalue weighted by Crippen LogP contribution is 2.31. The zero-order valence-electron chi connectivity index (χ0n) is 10.4. The van der Waals surface area contributed by atoms with Gasteiger partial charge < -0.3 is 5.32 Å². The Kier molecular flexibility index (Phi) is 3.58. The smallest absolute Gasteiger partial charge is 0.178 e. The summed E-state index contributed by atoms with van der Waals surface area (Å²) in [5.41, 5.74) is 1.85. The van der Waals surface area contributed by atoms with Crippen LogP contribution in [0.25, 0.3) is 0 Å². The van der Waals surface area contributed by atoms with Crippen molar-refractivity contribution in [2.75, 3.05) is 4.90 Å². The van der Waals surface area contributed by atoms with Crippen molar-refractivity contribution in [3.8, 4) is 0 Å². The quantitative estimate of drug-likeness (QED) is 0.775. The van der Waals surface area contributed by atoms with Crippen LogP contribution in [0.15, 0.2) is 30.0 Å². The summed E-state index contributed by atoms with van der Waals surface area (Å²) in [4.78, 5) is 1.95. The van der Waals surface area contributed by atoms with Gasteiger partial charge in [-0.25, -0.2) is 0 Å². The molecule has 1 aromatic rings. The fourth-order valence-corrected chi connectivity index (χ4v) is 2.86. The highest BCUT2D eigenvalue weighted by atomic mass is 35.5. The van der Waals surface area contributed by atoms with E-state index in [0.717, 1.165) is 11.4 Å². The van der Waals surface area contributed by atoms with Crippen LogP contribution < -0.4 is 10.2 Å². The molecule has 1 N–H and O–H groups in total. The van der Waals surface area contributed by atoms with Gasteiger partial charge in [0.15, 0.2) is 5.11 Å². The van der Waals surface area contributed by atoms with Crippen molar-refractivity contribution in [3.63, 3.8) is 0 Å². The summed E-state index contributed by atoms with van der Waals surface area (Å²) in [5.74, 6) is 0. The molecule has 0 radical (unpaired) electrons. The number of thiocarbonyl (C=S) groups is 1. The lowest BCUT2D eigenvalue weighted by atomic mass is 10.0. The fourth-order valence-electron chi connectivity index (χ4n) is 2.06. The van der Waals surface area contributed by atoms with E-state index in [0.29, 0.717) is 15.2 Å². The predicted molar refractivity (Wildman–Crippen MR) is 82.5 cm³/mol. The van der Waals surface area contributed by atoms with Crippen LogP contribution in [0, 0.1) is 0 Å². The van der Waals surface area contributed by atoms with Crippen LogP contribution in [-0.4, -0.2) is 10.7 Å². The number of hydrogen-bond acceptors (Lipinski definition) is 1. The largest absolute Gasteiger partial charge is 0.354 e. The lowest BCUT2D eigenvalue weighted by Gasteiger charge is -2.38. The Bertz CT molecular complexity index is 538.